The molecule has 3 heteroatoms. The zero-order valence-electron chi connectivity index (χ0n) is 9.21. The fourth-order valence-corrected chi connectivity index (χ4v) is 1.93. The van der Waals surface area contributed by atoms with Gasteiger partial charge in [0.1, 0.15) is 5.75 Å². The first-order valence-electron chi connectivity index (χ1n) is 5.61. The number of nitrogens with one attached hydrogen (secondary N) is 1. The highest BCUT2D eigenvalue weighted by Crippen LogP contribution is 2.17. The SMILES string of the molecule is Clc1cccc(OCCC2=CCCNC2)c1. The zero-order valence-corrected chi connectivity index (χ0v) is 9.96. The minimum atomic E-state index is 0.716. The van der Waals surface area contributed by atoms with Gasteiger partial charge in [0, 0.05) is 18.0 Å². The number of halogens is 1. The van der Waals surface area contributed by atoms with Gasteiger partial charge in [0.25, 0.3) is 0 Å². The van der Waals surface area contributed by atoms with E-state index in [9.17, 15) is 0 Å². The van der Waals surface area contributed by atoms with Crippen molar-refractivity contribution in [2.45, 2.75) is 12.8 Å². The van der Waals surface area contributed by atoms with Crippen molar-refractivity contribution in [3.05, 3.63) is 40.9 Å². The van der Waals surface area contributed by atoms with Crippen LogP contribution in [0.1, 0.15) is 12.8 Å². The molecule has 0 fully saturated rings. The Morgan fingerprint density at radius 3 is 3.06 bits per heavy atom. The Hall–Kier alpha value is -0.990. The second-order valence-corrected chi connectivity index (χ2v) is 4.32. The van der Waals surface area contributed by atoms with Gasteiger partial charge in [-0.1, -0.05) is 29.3 Å². The molecule has 1 aromatic carbocycles. The van der Waals surface area contributed by atoms with Gasteiger partial charge in [0.05, 0.1) is 6.61 Å². The van der Waals surface area contributed by atoms with E-state index in [-0.39, 0.29) is 0 Å². The van der Waals surface area contributed by atoms with E-state index in [0.29, 0.717) is 6.61 Å². The number of rotatable bonds is 4. The first-order valence-corrected chi connectivity index (χ1v) is 5.99. The molecule has 1 aliphatic heterocycles. The van der Waals surface area contributed by atoms with Gasteiger partial charge in [-0.15, -0.1) is 0 Å². The molecule has 0 amide bonds. The average molecular weight is 238 g/mol. The Labute approximate surface area is 101 Å². The molecule has 2 nitrogen and oxygen atoms in total. The van der Waals surface area contributed by atoms with Gasteiger partial charge in [-0.3, -0.25) is 0 Å². The van der Waals surface area contributed by atoms with E-state index in [4.69, 9.17) is 16.3 Å². The van der Waals surface area contributed by atoms with Crippen LogP contribution in [0.5, 0.6) is 5.75 Å². The van der Waals surface area contributed by atoms with Crippen LogP contribution in [-0.4, -0.2) is 19.7 Å². The maximum absolute atomic E-state index is 5.87. The molecule has 0 saturated heterocycles. The molecule has 1 N–H and O–H groups in total. The standard InChI is InChI=1S/C13H16ClNO/c14-12-4-1-5-13(9-12)16-8-6-11-3-2-7-15-10-11/h1,3-5,9,15H,2,6-8,10H2. The van der Waals surface area contributed by atoms with Crippen molar-refractivity contribution in [3.63, 3.8) is 0 Å². The Bertz CT molecular complexity index is 376. The van der Waals surface area contributed by atoms with Gasteiger partial charge in [0.2, 0.25) is 0 Å². The van der Waals surface area contributed by atoms with E-state index in [1.54, 1.807) is 0 Å². The van der Waals surface area contributed by atoms with Gasteiger partial charge in [-0.05, 0) is 31.2 Å². The summed E-state index contributed by atoms with van der Waals surface area (Å²) in [4.78, 5) is 0. The summed E-state index contributed by atoms with van der Waals surface area (Å²) in [5.41, 5.74) is 1.44. The van der Waals surface area contributed by atoms with Crippen molar-refractivity contribution in [2.24, 2.45) is 0 Å². The smallest absolute Gasteiger partial charge is 0.120 e. The van der Waals surface area contributed by atoms with Gasteiger partial charge in [-0.25, -0.2) is 0 Å². The number of ether oxygens (including phenoxy) is 1. The van der Waals surface area contributed by atoms with Crippen molar-refractivity contribution in [3.8, 4) is 5.75 Å². The topological polar surface area (TPSA) is 21.3 Å². The van der Waals surface area contributed by atoms with Crippen LogP contribution in [0.4, 0.5) is 0 Å². The second-order valence-electron chi connectivity index (χ2n) is 3.88. The van der Waals surface area contributed by atoms with Crippen LogP contribution in [0.15, 0.2) is 35.9 Å². The van der Waals surface area contributed by atoms with Crippen LogP contribution in [-0.2, 0) is 0 Å². The molecule has 0 aromatic heterocycles. The van der Waals surface area contributed by atoms with Crippen molar-refractivity contribution in [2.75, 3.05) is 19.7 Å². The van der Waals surface area contributed by atoms with Crippen molar-refractivity contribution in [1.29, 1.82) is 0 Å². The highest BCUT2D eigenvalue weighted by atomic mass is 35.5. The minimum Gasteiger partial charge on any atom is -0.493 e. The molecule has 0 bridgehead atoms. The van der Waals surface area contributed by atoms with Gasteiger partial charge < -0.3 is 10.1 Å². The van der Waals surface area contributed by atoms with Crippen molar-refractivity contribution < 1.29 is 4.74 Å². The van der Waals surface area contributed by atoms with E-state index in [0.717, 1.165) is 36.7 Å². The quantitative estimate of drug-likeness (QED) is 0.813. The fourth-order valence-electron chi connectivity index (χ4n) is 1.75. The van der Waals surface area contributed by atoms with Crippen LogP contribution < -0.4 is 10.1 Å². The summed E-state index contributed by atoms with van der Waals surface area (Å²) in [6.45, 7) is 2.81. The summed E-state index contributed by atoms with van der Waals surface area (Å²) >= 11 is 5.87. The lowest BCUT2D eigenvalue weighted by Crippen LogP contribution is -2.23. The molecule has 16 heavy (non-hydrogen) atoms. The summed E-state index contributed by atoms with van der Waals surface area (Å²) in [5.74, 6) is 0.844. The Kier molecular flexibility index (Phi) is 4.25. The number of hydrogen-bond donors (Lipinski definition) is 1. The van der Waals surface area contributed by atoms with E-state index in [1.807, 2.05) is 24.3 Å². The third-order valence-corrected chi connectivity index (χ3v) is 2.83. The molecular formula is C13H16ClNO. The van der Waals surface area contributed by atoms with Crippen LogP contribution in [0.2, 0.25) is 5.02 Å². The van der Waals surface area contributed by atoms with Gasteiger partial charge in [-0.2, -0.15) is 0 Å². The predicted octanol–water partition coefficient (Wildman–Crippen LogP) is 3.03. The number of benzene rings is 1. The fraction of sp³-hybridized carbons (Fsp3) is 0.385. The predicted molar refractivity (Wildman–Crippen MR) is 67.1 cm³/mol. The van der Waals surface area contributed by atoms with E-state index >= 15 is 0 Å². The van der Waals surface area contributed by atoms with Gasteiger partial charge in [0.15, 0.2) is 0 Å². The lowest BCUT2D eigenvalue weighted by Gasteiger charge is -2.14. The average Bonchev–Trinajstić information content (AvgIpc) is 2.30. The highest BCUT2D eigenvalue weighted by Gasteiger charge is 2.02. The van der Waals surface area contributed by atoms with E-state index in [1.165, 1.54) is 5.57 Å². The highest BCUT2D eigenvalue weighted by molar-refractivity contribution is 6.30. The first kappa shape index (κ1) is 11.5. The molecule has 0 spiro atoms. The molecule has 0 saturated carbocycles. The zero-order chi connectivity index (χ0) is 11.2. The molecule has 0 unspecified atom stereocenters. The number of hydrogen-bond acceptors (Lipinski definition) is 2. The normalized spacial score (nSPS) is 15.7. The van der Waals surface area contributed by atoms with E-state index in [2.05, 4.69) is 11.4 Å². The largest absolute Gasteiger partial charge is 0.493 e. The summed E-state index contributed by atoms with van der Waals surface area (Å²) in [7, 11) is 0. The molecule has 1 aromatic rings. The van der Waals surface area contributed by atoms with Crippen molar-refractivity contribution in [1.82, 2.24) is 5.32 Å². The lowest BCUT2D eigenvalue weighted by molar-refractivity contribution is 0.319. The van der Waals surface area contributed by atoms with Crippen LogP contribution in [0.3, 0.4) is 0 Å². The molecule has 1 heterocycles. The Morgan fingerprint density at radius 1 is 1.38 bits per heavy atom. The first-order chi connectivity index (χ1) is 7.84. The molecule has 2 rings (SSSR count). The lowest BCUT2D eigenvalue weighted by atomic mass is 10.1. The molecule has 0 atom stereocenters. The van der Waals surface area contributed by atoms with Crippen LogP contribution >= 0.6 is 11.6 Å². The molecule has 86 valence electrons. The summed E-state index contributed by atoms with van der Waals surface area (Å²) < 4.78 is 5.64. The van der Waals surface area contributed by atoms with Crippen LogP contribution in [0.25, 0.3) is 0 Å². The molecular weight excluding hydrogens is 222 g/mol. The second kappa shape index (κ2) is 5.92. The molecule has 1 aliphatic rings. The van der Waals surface area contributed by atoms with Crippen molar-refractivity contribution >= 4 is 11.6 Å². The van der Waals surface area contributed by atoms with E-state index < -0.39 is 0 Å². The minimum absolute atomic E-state index is 0.716. The molecule has 0 aliphatic carbocycles. The summed E-state index contributed by atoms with van der Waals surface area (Å²) in [6.07, 6.45) is 4.42. The summed E-state index contributed by atoms with van der Waals surface area (Å²) in [5, 5.41) is 4.07. The summed E-state index contributed by atoms with van der Waals surface area (Å²) in [6, 6.07) is 7.52. The van der Waals surface area contributed by atoms with Gasteiger partial charge >= 0.3 is 0 Å². The third-order valence-electron chi connectivity index (χ3n) is 2.59. The molecule has 0 radical (unpaired) electrons. The maximum Gasteiger partial charge on any atom is 0.120 e. The Balaban J connectivity index is 1.77. The Morgan fingerprint density at radius 2 is 2.31 bits per heavy atom. The monoisotopic (exact) mass is 237 g/mol. The third kappa shape index (κ3) is 3.54. The maximum atomic E-state index is 5.87. The van der Waals surface area contributed by atoms with Crippen LogP contribution in [0, 0.1) is 0 Å².